The second-order valence-corrected chi connectivity index (χ2v) is 5.84. The van der Waals surface area contributed by atoms with Crippen molar-refractivity contribution in [3.8, 4) is 0 Å². The lowest BCUT2D eigenvalue weighted by molar-refractivity contribution is 0.0679. The maximum atomic E-state index is 13.7. The summed E-state index contributed by atoms with van der Waals surface area (Å²) in [6, 6.07) is 1.02. The van der Waals surface area contributed by atoms with Crippen molar-refractivity contribution in [2.75, 3.05) is 19.6 Å². The molecule has 0 spiro atoms. The highest BCUT2D eigenvalue weighted by atomic mass is 19.1. The van der Waals surface area contributed by atoms with E-state index in [2.05, 4.69) is 0 Å². The number of carbonyl (C=O) groups is 1. The first-order chi connectivity index (χ1) is 9.71. The van der Waals surface area contributed by atoms with Crippen LogP contribution in [0, 0.1) is 22.9 Å². The lowest BCUT2D eigenvalue weighted by atomic mass is 9.92. The lowest BCUT2D eigenvalue weighted by Crippen LogP contribution is -2.43. The molecule has 0 aliphatic heterocycles. The minimum atomic E-state index is -1.19. The van der Waals surface area contributed by atoms with Gasteiger partial charge in [0.1, 0.15) is 23.0 Å². The largest absolute Gasteiger partial charge is 0.338 e. The Morgan fingerprint density at radius 3 is 2.19 bits per heavy atom. The van der Waals surface area contributed by atoms with Gasteiger partial charge in [-0.25, -0.2) is 13.2 Å². The van der Waals surface area contributed by atoms with E-state index in [4.69, 9.17) is 5.73 Å². The molecule has 0 heterocycles. The molecule has 0 aliphatic rings. The number of halogens is 3. The van der Waals surface area contributed by atoms with Crippen LogP contribution in [-0.2, 0) is 0 Å². The van der Waals surface area contributed by atoms with Crippen molar-refractivity contribution in [1.82, 2.24) is 4.90 Å². The summed E-state index contributed by atoms with van der Waals surface area (Å²) in [5, 5.41) is 0. The molecule has 118 valence electrons. The van der Waals surface area contributed by atoms with Crippen molar-refractivity contribution in [2.45, 2.75) is 27.2 Å². The molecule has 0 unspecified atom stereocenters. The minimum Gasteiger partial charge on any atom is -0.338 e. The lowest BCUT2D eigenvalue weighted by Gasteiger charge is -2.32. The van der Waals surface area contributed by atoms with Crippen LogP contribution in [0.1, 0.15) is 37.6 Å². The van der Waals surface area contributed by atoms with Crippen molar-refractivity contribution in [1.29, 1.82) is 0 Å². The summed E-state index contributed by atoms with van der Waals surface area (Å²) < 4.78 is 40.4. The van der Waals surface area contributed by atoms with E-state index in [1.165, 1.54) is 4.90 Å². The first kappa shape index (κ1) is 17.5. The van der Waals surface area contributed by atoms with Gasteiger partial charge in [-0.05, 0) is 18.4 Å². The number of benzene rings is 1. The predicted molar refractivity (Wildman–Crippen MR) is 75.3 cm³/mol. The number of nitrogens with zero attached hydrogens (tertiary/aromatic N) is 1. The molecule has 2 N–H and O–H groups in total. The average Bonchev–Trinajstić information content (AvgIpc) is 2.36. The van der Waals surface area contributed by atoms with Gasteiger partial charge < -0.3 is 10.6 Å². The molecule has 0 radical (unpaired) electrons. The molecule has 21 heavy (non-hydrogen) atoms. The average molecular weight is 302 g/mol. The normalized spacial score (nSPS) is 11.6. The zero-order chi connectivity index (χ0) is 16.2. The Hall–Kier alpha value is -1.56. The minimum absolute atomic E-state index is 0.270. The molecule has 1 rings (SSSR count). The van der Waals surface area contributed by atoms with Crippen molar-refractivity contribution in [3.05, 3.63) is 35.1 Å². The molecular formula is C15H21F3N2O. The van der Waals surface area contributed by atoms with Gasteiger partial charge in [0.25, 0.3) is 5.91 Å². The third-order valence-corrected chi connectivity index (χ3v) is 3.17. The summed E-state index contributed by atoms with van der Waals surface area (Å²) >= 11 is 0. The summed E-state index contributed by atoms with van der Waals surface area (Å²) in [6.45, 7) is 6.52. The van der Waals surface area contributed by atoms with E-state index < -0.39 is 28.9 Å². The van der Waals surface area contributed by atoms with Crippen molar-refractivity contribution in [2.24, 2.45) is 11.1 Å². The van der Waals surface area contributed by atoms with Crippen LogP contribution in [0.2, 0.25) is 0 Å². The Morgan fingerprint density at radius 1 is 1.24 bits per heavy atom. The molecular weight excluding hydrogens is 281 g/mol. The number of carbonyl (C=O) groups excluding carboxylic acids is 1. The highest BCUT2D eigenvalue weighted by Crippen LogP contribution is 2.21. The monoisotopic (exact) mass is 302 g/mol. The predicted octanol–water partition coefficient (Wildman–Crippen LogP) is 2.94. The molecule has 0 atom stereocenters. The Morgan fingerprint density at radius 2 is 1.76 bits per heavy atom. The van der Waals surface area contributed by atoms with Gasteiger partial charge >= 0.3 is 0 Å². The summed E-state index contributed by atoms with van der Waals surface area (Å²) in [7, 11) is 0. The van der Waals surface area contributed by atoms with Gasteiger partial charge in [-0.3, -0.25) is 4.79 Å². The number of nitrogens with two attached hydrogens (primary N) is 1. The van der Waals surface area contributed by atoms with Gasteiger partial charge in [-0.15, -0.1) is 0 Å². The molecule has 0 saturated carbocycles. The highest BCUT2D eigenvalue weighted by Gasteiger charge is 2.28. The van der Waals surface area contributed by atoms with Crippen LogP contribution in [0.25, 0.3) is 0 Å². The van der Waals surface area contributed by atoms with E-state index in [1.54, 1.807) is 0 Å². The molecule has 1 aromatic rings. The molecule has 3 nitrogen and oxygen atoms in total. The molecule has 0 aliphatic carbocycles. The molecule has 0 aromatic heterocycles. The van der Waals surface area contributed by atoms with Gasteiger partial charge in [0.05, 0.1) is 0 Å². The van der Waals surface area contributed by atoms with Gasteiger partial charge in [0, 0.05) is 25.2 Å². The third-order valence-electron chi connectivity index (χ3n) is 3.17. The van der Waals surface area contributed by atoms with E-state index in [0.29, 0.717) is 31.6 Å². The van der Waals surface area contributed by atoms with Gasteiger partial charge in [0.15, 0.2) is 0 Å². The first-order valence-corrected chi connectivity index (χ1v) is 6.85. The quantitative estimate of drug-likeness (QED) is 0.878. The Balaban J connectivity index is 3.12. The van der Waals surface area contributed by atoms with E-state index >= 15 is 0 Å². The SMILES string of the molecule is CCCN(CC(C)(C)CN)C(=O)c1c(F)cc(F)cc1F. The van der Waals surface area contributed by atoms with Gasteiger partial charge in [-0.2, -0.15) is 0 Å². The standard InChI is InChI=1S/C15H21F3N2O/c1-4-5-20(9-15(2,3)8-19)14(21)13-11(17)6-10(16)7-12(13)18/h6-7H,4-5,8-9,19H2,1-3H3. The summed E-state index contributed by atoms with van der Waals surface area (Å²) in [5.41, 5.74) is 4.53. The third kappa shape index (κ3) is 4.46. The highest BCUT2D eigenvalue weighted by molar-refractivity contribution is 5.94. The summed E-state index contributed by atoms with van der Waals surface area (Å²) in [6.07, 6.45) is 0.636. The van der Waals surface area contributed by atoms with Crippen LogP contribution in [0.5, 0.6) is 0 Å². The second kappa shape index (κ2) is 6.93. The number of hydrogen-bond acceptors (Lipinski definition) is 2. The van der Waals surface area contributed by atoms with E-state index in [0.717, 1.165) is 0 Å². The first-order valence-electron chi connectivity index (χ1n) is 6.85. The Kier molecular flexibility index (Phi) is 5.78. The van der Waals surface area contributed by atoms with E-state index in [-0.39, 0.29) is 12.0 Å². The Bertz CT molecular complexity index is 495. The smallest absolute Gasteiger partial charge is 0.259 e. The van der Waals surface area contributed by atoms with Crippen LogP contribution in [-0.4, -0.2) is 30.4 Å². The van der Waals surface area contributed by atoms with E-state index in [9.17, 15) is 18.0 Å². The summed E-state index contributed by atoms with van der Waals surface area (Å²) in [4.78, 5) is 13.7. The van der Waals surface area contributed by atoms with Crippen LogP contribution in [0.3, 0.4) is 0 Å². The summed E-state index contributed by atoms with van der Waals surface area (Å²) in [5.74, 6) is -4.22. The van der Waals surface area contributed by atoms with Crippen molar-refractivity contribution >= 4 is 5.91 Å². The molecule has 0 bridgehead atoms. The molecule has 1 aromatic carbocycles. The van der Waals surface area contributed by atoms with Crippen LogP contribution in [0.4, 0.5) is 13.2 Å². The van der Waals surface area contributed by atoms with E-state index in [1.807, 2.05) is 20.8 Å². The molecule has 0 saturated heterocycles. The van der Waals surface area contributed by atoms with Crippen LogP contribution in [0.15, 0.2) is 12.1 Å². The number of rotatable bonds is 6. The maximum absolute atomic E-state index is 13.7. The van der Waals surface area contributed by atoms with Gasteiger partial charge in [0.2, 0.25) is 0 Å². The second-order valence-electron chi connectivity index (χ2n) is 5.84. The molecule has 1 amide bonds. The fraction of sp³-hybridized carbons (Fsp3) is 0.533. The maximum Gasteiger partial charge on any atom is 0.259 e. The fourth-order valence-electron chi connectivity index (χ4n) is 2.01. The van der Waals surface area contributed by atoms with Crippen LogP contribution < -0.4 is 5.73 Å². The number of amides is 1. The van der Waals surface area contributed by atoms with Crippen molar-refractivity contribution < 1.29 is 18.0 Å². The molecule has 6 heteroatoms. The Labute approximate surface area is 122 Å². The number of hydrogen-bond donors (Lipinski definition) is 1. The fourth-order valence-corrected chi connectivity index (χ4v) is 2.01. The zero-order valence-electron chi connectivity index (χ0n) is 12.5. The molecule has 0 fully saturated rings. The topological polar surface area (TPSA) is 46.3 Å². The van der Waals surface area contributed by atoms with Crippen molar-refractivity contribution in [3.63, 3.8) is 0 Å². The van der Waals surface area contributed by atoms with Gasteiger partial charge in [-0.1, -0.05) is 20.8 Å². The zero-order valence-corrected chi connectivity index (χ0v) is 12.5. The van der Waals surface area contributed by atoms with Crippen LogP contribution >= 0.6 is 0 Å².